The van der Waals surface area contributed by atoms with Crippen molar-refractivity contribution < 1.29 is 19.7 Å². The molecule has 7 nitrogen and oxygen atoms in total. The van der Waals surface area contributed by atoms with Crippen LogP contribution >= 0.6 is 0 Å². The second-order valence-corrected chi connectivity index (χ2v) is 5.75. The van der Waals surface area contributed by atoms with E-state index in [1.54, 1.807) is 25.1 Å². The first kappa shape index (κ1) is 15.1. The van der Waals surface area contributed by atoms with Crippen LogP contribution in [-0.4, -0.2) is 31.6 Å². The number of hydrogen-bond donors (Lipinski definition) is 3. The van der Waals surface area contributed by atoms with Crippen molar-refractivity contribution in [2.24, 2.45) is 11.7 Å². The predicted octanol–water partition coefficient (Wildman–Crippen LogP) is 0.808. The zero-order valence-electron chi connectivity index (χ0n) is 12.6. The molecule has 7 heteroatoms. The van der Waals surface area contributed by atoms with Gasteiger partial charge in [-0.2, -0.15) is 4.74 Å². The van der Waals surface area contributed by atoms with Crippen molar-refractivity contribution in [3.63, 3.8) is 0 Å². The molecule has 2 heterocycles. The number of nitrogens with zero attached hydrogens (tertiary/aromatic N) is 2. The normalized spacial score (nSPS) is 23.0. The molecule has 4 N–H and O–H groups in total. The molecule has 0 saturated heterocycles. The van der Waals surface area contributed by atoms with Crippen molar-refractivity contribution in [2.75, 3.05) is 0 Å². The lowest BCUT2D eigenvalue weighted by Gasteiger charge is -2.26. The fourth-order valence-corrected chi connectivity index (χ4v) is 3.02. The lowest BCUT2D eigenvalue weighted by Crippen LogP contribution is -2.26. The molecule has 0 spiro atoms. The van der Waals surface area contributed by atoms with E-state index in [9.17, 15) is 20.2 Å². The molecule has 2 aliphatic rings. The minimum atomic E-state index is -1.15. The number of rotatable bonds is 2. The van der Waals surface area contributed by atoms with Gasteiger partial charge in [-0.3, -0.25) is 9.36 Å². The van der Waals surface area contributed by atoms with Crippen LogP contribution < -0.4 is 5.73 Å². The minimum Gasteiger partial charge on any atom is -0.618 e. The third-order valence-corrected chi connectivity index (χ3v) is 4.31. The number of aromatic nitrogens is 1. The maximum Gasteiger partial charge on any atom is 0.248 e. The van der Waals surface area contributed by atoms with E-state index >= 15 is 0 Å². The summed E-state index contributed by atoms with van der Waals surface area (Å²) in [4.78, 5) is 11.3. The first-order valence-corrected chi connectivity index (χ1v) is 7.11. The van der Waals surface area contributed by atoms with Crippen LogP contribution in [0.1, 0.15) is 23.9 Å². The Kier molecular flexibility index (Phi) is 3.37. The molecule has 1 aliphatic heterocycles. The molecule has 0 saturated carbocycles. The van der Waals surface area contributed by atoms with Gasteiger partial charge in [-0.05, 0) is 25.0 Å². The van der Waals surface area contributed by atoms with Crippen LogP contribution in [0.15, 0.2) is 41.6 Å². The monoisotopic (exact) mass is 315 g/mol. The fraction of sp³-hybridized carbons (Fsp3) is 0.250. The first-order chi connectivity index (χ1) is 10.8. The van der Waals surface area contributed by atoms with Crippen molar-refractivity contribution in [1.82, 2.24) is 4.57 Å². The molecule has 0 bridgehead atoms. The van der Waals surface area contributed by atoms with Crippen molar-refractivity contribution in [1.29, 1.82) is 0 Å². The molecule has 0 aromatic carbocycles. The van der Waals surface area contributed by atoms with Gasteiger partial charge in [0.05, 0.1) is 5.92 Å². The van der Waals surface area contributed by atoms with Crippen LogP contribution in [0.4, 0.5) is 0 Å². The zero-order valence-corrected chi connectivity index (χ0v) is 12.6. The van der Waals surface area contributed by atoms with Gasteiger partial charge in [0, 0.05) is 17.2 Å². The Labute approximate surface area is 132 Å². The summed E-state index contributed by atoms with van der Waals surface area (Å²) in [6.07, 6.45) is 3.53. The summed E-state index contributed by atoms with van der Waals surface area (Å²) < 4.78 is 1.98. The highest BCUT2D eigenvalue weighted by molar-refractivity contribution is 5.96. The van der Waals surface area contributed by atoms with Gasteiger partial charge >= 0.3 is 0 Å². The highest BCUT2D eigenvalue weighted by Crippen LogP contribution is 2.40. The standard InChI is InChI=1S/C16H17N3O4/c1-8-5-11-7-18(23)13-4-3-10(9(2)14(17)20)6-12(13)16(22)19(11)15(8)21/h3-5,7,12,16,21-22H,2,6H2,1H3,(H2,17,20). The van der Waals surface area contributed by atoms with Gasteiger partial charge in [0.1, 0.15) is 11.9 Å². The molecule has 0 fully saturated rings. The average Bonchev–Trinajstić information content (AvgIpc) is 2.73. The summed E-state index contributed by atoms with van der Waals surface area (Å²) in [6, 6.07) is 1.62. The van der Waals surface area contributed by atoms with Crippen LogP contribution in [0, 0.1) is 18.0 Å². The van der Waals surface area contributed by atoms with Crippen molar-refractivity contribution in [2.45, 2.75) is 19.6 Å². The number of allylic oxidation sites excluding steroid dienone is 2. The largest absolute Gasteiger partial charge is 0.618 e. The quantitative estimate of drug-likeness (QED) is 0.425. The van der Waals surface area contributed by atoms with E-state index in [2.05, 4.69) is 6.58 Å². The number of carbonyl (C=O) groups is 1. The number of nitrogens with two attached hydrogens (primary N) is 1. The van der Waals surface area contributed by atoms with Gasteiger partial charge in [0.25, 0.3) is 0 Å². The van der Waals surface area contributed by atoms with Gasteiger partial charge in [-0.1, -0.05) is 12.7 Å². The van der Waals surface area contributed by atoms with Crippen molar-refractivity contribution >= 4 is 12.1 Å². The van der Waals surface area contributed by atoms with Gasteiger partial charge < -0.3 is 21.2 Å². The Balaban J connectivity index is 2.10. The van der Waals surface area contributed by atoms with Gasteiger partial charge in [0.2, 0.25) is 17.8 Å². The third kappa shape index (κ3) is 2.25. The Morgan fingerprint density at radius 3 is 2.87 bits per heavy atom. The lowest BCUT2D eigenvalue weighted by molar-refractivity contribution is -0.407. The predicted molar refractivity (Wildman–Crippen MR) is 83.5 cm³/mol. The SMILES string of the molecule is C=C(C(N)=O)C1=CC=C2C(C1)C(O)n1c(cc(C)c1O)C=[N+]2[O-]. The highest BCUT2D eigenvalue weighted by atomic mass is 16.5. The Morgan fingerprint density at radius 2 is 2.22 bits per heavy atom. The topological polar surface area (TPSA) is 115 Å². The molecule has 1 aromatic heterocycles. The summed E-state index contributed by atoms with van der Waals surface area (Å²) in [6.45, 7) is 5.32. The summed E-state index contributed by atoms with van der Waals surface area (Å²) in [5.74, 6) is -1.37. The second kappa shape index (κ2) is 5.13. The Morgan fingerprint density at radius 1 is 1.52 bits per heavy atom. The van der Waals surface area contributed by atoms with Crippen LogP contribution in [0.3, 0.4) is 0 Å². The average molecular weight is 315 g/mol. The Hall–Kier alpha value is -2.80. The van der Waals surface area contributed by atoms with E-state index in [0.717, 1.165) is 0 Å². The summed E-state index contributed by atoms with van der Waals surface area (Å²) in [5, 5.41) is 33.2. The number of aromatic hydroxyl groups is 1. The molecule has 120 valence electrons. The number of aryl methyl sites for hydroxylation is 1. The van der Waals surface area contributed by atoms with E-state index in [1.165, 1.54) is 10.8 Å². The molecule has 1 aromatic rings. The van der Waals surface area contributed by atoms with Crippen LogP contribution in [0.2, 0.25) is 0 Å². The zero-order chi connectivity index (χ0) is 16.9. The van der Waals surface area contributed by atoms with E-state index < -0.39 is 18.1 Å². The highest BCUT2D eigenvalue weighted by Gasteiger charge is 2.38. The number of hydroxylamine groups is 1. The molecule has 3 rings (SSSR count). The fourth-order valence-electron chi connectivity index (χ4n) is 3.02. The lowest BCUT2D eigenvalue weighted by atomic mass is 9.86. The molecule has 2 atom stereocenters. The Bertz CT molecular complexity index is 814. The number of aliphatic hydroxyl groups is 1. The summed E-state index contributed by atoms with van der Waals surface area (Å²) >= 11 is 0. The third-order valence-electron chi connectivity index (χ3n) is 4.31. The van der Waals surface area contributed by atoms with Crippen molar-refractivity contribution in [3.8, 4) is 5.88 Å². The first-order valence-electron chi connectivity index (χ1n) is 7.11. The summed E-state index contributed by atoms with van der Waals surface area (Å²) in [5.41, 5.74) is 7.27. The molecule has 0 radical (unpaired) electrons. The molecular formula is C16H17N3O4. The van der Waals surface area contributed by atoms with Gasteiger partial charge in [-0.15, -0.1) is 0 Å². The smallest absolute Gasteiger partial charge is 0.248 e. The number of hydrogen-bond acceptors (Lipinski definition) is 4. The van der Waals surface area contributed by atoms with E-state index in [4.69, 9.17) is 5.73 Å². The molecule has 1 amide bonds. The van der Waals surface area contributed by atoms with E-state index in [0.29, 0.717) is 27.3 Å². The number of carbonyl (C=O) groups excluding carboxylic acids is 1. The van der Waals surface area contributed by atoms with E-state index in [1.807, 2.05) is 0 Å². The summed E-state index contributed by atoms with van der Waals surface area (Å²) in [7, 11) is 0. The van der Waals surface area contributed by atoms with E-state index in [-0.39, 0.29) is 17.9 Å². The number of fused-ring (bicyclic) bond motifs is 2. The number of primary amides is 1. The molecule has 1 aliphatic carbocycles. The second-order valence-electron chi connectivity index (χ2n) is 5.75. The minimum absolute atomic E-state index is 0.0942. The van der Waals surface area contributed by atoms with Crippen LogP contribution in [-0.2, 0) is 4.79 Å². The van der Waals surface area contributed by atoms with Crippen LogP contribution in [0.25, 0.3) is 0 Å². The van der Waals surface area contributed by atoms with Gasteiger partial charge in [0.15, 0.2) is 5.88 Å². The maximum absolute atomic E-state index is 12.3. The van der Waals surface area contributed by atoms with Gasteiger partial charge in [-0.25, -0.2) is 0 Å². The molecule has 23 heavy (non-hydrogen) atoms. The number of aliphatic hydroxyl groups excluding tert-OH is 1. The maximum atomic E-state index is 12.3. The molecular weight excluding hydrogens is 298 g/mol. The van der Waals surface area contributed by atoms with Crippen molar-refractivity contribution in [3.05, 3.63) is 58.1 Å². The van der Waals surface area contributed by atoms with Crippen LogP contribution in [0.5, 0.6) is 5.88 Å². The number of amides is 1. The molecule has 2 unspecified atom stereocenters.